The Morgan fingerprint density at radius 3 is 2.84 bits per heavy atom. The van der Waals surface area contributed by atoms with Crippen molar-refractivity contribution in [3.05, 3.63) is 56.8 Å². The second-order valence-electron chi connectivity index (χ2n) is 4.54. The summed E-state index contributed by atoms with van der Waals surface area (Å²) in [7, 11) is 0. The van der Waals surface area contributed by atoms with Crippen LogP contribution in [0.5, 0.6) is 0 Å². The number of rotatable bonds is 2. The molecule has 2 heterocycles. The second-order valence-corrected chi connectivity index (χ2v) is 6.82. The summed E-state index contributed by atoms with van der Waals surface area (Å²) in [5, 5.41) is 0. The minimum Gasteiger partial charge on any atom is -0.320 e. The molecule has 0 radical (unpaired) electrons. The number of thioether (sulfide) groups is 1. The lowest BCUT2D eigenvalue weighted by atomic mass is 10.0. The van der Waals surface area contributed by atoms with Crippen LogP contribution in [0, 0.1) is 11.6 Å². The Bertz CT molecular complexity index is 586. The van der Waals surface area contributed by atoms with Crippen molar-refractivity contribution < 1.29 is 8.78 Å². The van der Waals surface area contributed by atoms with Gasteiger partial charge in [0.25, 0.3) is 0 Å². The monoisotopic (exact) mass is 297 g/mol. The summed E-state index contributed by atoms with van der Waals surface area (Å²) in [5.74, 6) is 1.21. The molecule has 0 saturated carbocycles. The smallest absolute Gasteiger partial charge is 0.128 e. The molecule has 1 aliphatic heterocycles. The van der Waals surface area contributed by atoms with Crippen LogP contribution in [0.2, 0.25) is 0 Å². The molecule has 2 N–H and O–H groups in total. The standard InChI is InChI=1S/C14H13F2NS2/c15-9-1-2-11(16)10(6-9)14(17)13-5-8-7-18-4-3-12(8)19-13/h1-2,5-6,14H,3-4,7,17H2. The summed E-state index contributed by atoms with van der Waals surface area (Å²) in [6, 6.07) is 4.89. The van der Waals surface area contributed by atoms with E-state index in [2.05, 4.69) is 0 Å². The van der Waals surface area contributed by atoms with E-state index in [4.69, 9.17) is 5.73 Å². The first-order chi connectivity index (χ1) is 9.15. The molecule has 0 bridgehead atoms. The first-order valence-corrected chi connectivity index (χ1v) is 8.02. The molecule has 1 nitrogen and oxygen atoms in total. The molecule has 1 atom stereocenters. The Balaban J connectivity index is 1.97. The van der Waals surface area contributed by atoms with E-state index in [0.717, 1.165) is 34.9 Å². The number of nitrogens with two attached hydrogens (primary N) is 1. The van der Waals surface area contributed by atoms with Gasteiger partial charge >= 0.3 is 0 Å². The molecule has 0 amide bonds. The van der Waals surface area contributed by atoms with Crippen LogP contribution < -0.4 is 5.73 Å². The van der Waals surface area contributed by atoms with Gasteiger partial charge in [0.2, 0.25) is 0 Å². The summed E-state index contributed by atoms with van der Waals surface area (Å²) in [6.07, 6.45) is 1.04. The molecule has 19 heavy (non-hydrogen) atoms. The molecule has 0 saturated heterocycles. The van der Waals surface area contributed by atoms with Crippen LogP contribution in [0.4, 0.5) is 8.78 Å². The van der Waals surface area contributed by atoms with Crippen molar-refractivity contribution in [1.29, 1.82) is 0 Å². The SMILES string of the molecule is NC(c1cc2c(s1)CCSC2)c1cc(F)ccc1F. The molecule has 2 aromatic rings. The lowest BCUT2D eigenvalue weighted by Crippen LogP contribution is -2.12. The number of fused-ring (bicyclic) bond motifs is 1. The fraction of sp³-hybridized carbons (Fsp3) is 0.286. The minimum atomic E-state index is -0.587. The molecule has 0 aliphatic carbocycles. The van der Waals surface area contributed by atoms with E-state index in [-0.39, 0.29) is 5.56 Å². The van der Waals surface area contributed by atoms with Crippen LogP contribution in [0.3, 0.4) is 0 Å². The fourth-order valence-electron chi connectivity index (χ4n) is 2.23. The van der Waals surface area contributed by atoms with Crippen molar-refractivity contribution in [2.45, 2.75) is 18.2 Å². The van der Waals surface area contributed by atoms with E-state index >= 15 is 0 Å². The maximum Gasteiger partial charge on any atom is 0.128 e. The zero-order valence-corrected chi connectivity index (χ0v) is 11.8. The number of benzene rings is 1. The molecule has 3 rings (SSSR count). The molecular weight excluding hydrogens is 284 g/mol. The van der Waals surface area contributed by atoms with Gasteiger partial charge in [0.1, 0.15) is 11.6 Å². The van der Waals surface area contributed by atoms with Crippen LogP contribution in [0.25, 0.3) is 0 Å². The molecule has 0 spiro atoms. The number of thiophene rings is 1. The number of hydrogen-bond donors (Lipinski definition) is 1. The lowest BCUT2D eigenvalue weighted by Gasteiger charge is -2.11. The van der Waals surface area contributed by atoms with Gasteiger partial charge in [-0.05, 0) is 42.0 Å². The molecule has 1 unspecified atom stereocenters. The summed E-state index contributed by atoms with van der Waals surface area (Å²) in [6.45, 7) is 0. The molecule has 1 aromatic carbocycles. The zero-order valence-electron chi connectivity index (χ0n) is 10.2. The quantitative estimate of drug-likeness (QED) is 0.911. The second kappa shape index (κ2) is 5.23. The van der Waals surface area contributed by atoms with Crippen molar-refractivity contribution in [1.82, 2.24) is 0 Å². The van der Waals surface area contributed by atoms with Gasteiger partial charge < -0.3 is 5.73 Å². The Morgan fingerprint density at radius 1 is 1.21 bits per heavy atom. The highest BCUT2D eigenvalue weighted by Gasteiger charge is 2.20. The summed E-state index contributed by atoms with van der Waals surface area (Å²) < 4.78 is 27.0. The van der Waals surface area contributed by atoms with Gasteiger partial charge in [-0.3, -0.25) is 0 Å². The Morgan fingerprint density at radius 2 is 2.05 bits per heavy atom. The number of aryl methyl sites for hydroxylation is 1. The van der Waals surface area contributed by atoms with Gasteiger partial charge in [0, 0.05) is 21.1 Å². The predicted molar refractivity (Wildman–Crippen MR) is 76.6 cm³/mol. The molecule has 1 aromatic heterocycles. The molecule has 0 fully saturated rings. The largest absolute Gasteiger partial charge is 0.320 e. The summed E-state index contributed by atoms with van der Waals surface area (Å²) in [5.41, 5.74) is 7.62. The molecule has 5 heteroatoms. The van der Waals surface area contributed by atoms with Gasteiger partial charge in [0.15, 0.2) is 0 Å². The van der Waals surface area contributed by atoms with Crippen molar-refractivity contribution in [3.63, 3.8) is 0 Å². The van der Waals surface area contributed by atoms with Crippen LogP contribution in [0.1, 0.15) is 26.9 Å². The first-order valence-electron chi connectivity index (χ1n) is 6.05. The number of halogens is 2. The van der Waals surface area contributed by atoms with Crippen molar-refractivity contribution in [3.8, 4) is 0 Å². The van der Waals surface area contributed by atoms with Crippen molar-refractivity contribution >= 4 is 23.1 Å². The lowest BCUT2D eigenvalue weighted by molar-refractivity contribution is 0.578. The van der Waals surface area contributed by atoms with Gasteiger partial charge in [-0.25, -0.2) is 8.78 Å². The van der Waals surface area contributed by atoms with Crippen molar-refractivity contribution in [2.75, 3.05) is 5.75 Å². The maximum atomic E-state index is 13.7. The third-order valence-corrected chi connectivity index (χ3v) is 5.57. The predicted octanol–water partition coefficient (Wildman–Crippen LogP) is 3.86. The topological polar surface area (TPSA) is 26.0 Å². The van der Waals surface area contributed by atoms with Gasteiger partial charge in [-0.2, -0.15) is 11.8 Å². The average Bonchev–Trinajstić information content (AvgIpc) is 2.84. The van der Waals surface area contributed by atoms with Gasteiger partial charge in [0.05, 0.1) is 6.04 Å². The zero-order chi connectivity index (χ0) is 13.4. The number of hydrogen-bond acceptors (Lipinski definition) is 3. The van der Waals surface area contributed by atoms with Gasteiger partial charge in [-0.1, -0.05) is 0 Å². The van der Waals surface area contributed by atoms with E-state index in [9.17, 15) is 8.78 Å². The van der Waals surface area contributed by atoms with Crippen LogP contribution in [-0.4, -0.2) is 5.75 Å². The minimum absolute atomic E-state index is 0.228. The highest BCUT2D eigenvalue weighted by Crippen LogP contribution is 2.36. The highest BCUT2D eigenvalue weighted by atomic mass is 32.2. The Kier molecular flexibility index (Phi) is 3.60. The van der Waals surface area contributed by atoms with E-state index in [1.54, 1.807) is 11.3 Å². The van der Waals surface area contributed by atoms with E-state index in [1.165, 1.54) is 16.5 Å². The van der Waals surface area contributed by atoms with Crippen LogP contribution in [0.15, 0.2) is 24.3 Å². The maximum absolute atomic E-state index is 13.7. The van der Waals surface area contributed by atoms with Crippen LogP contribution in [-0.2, 0) is 12.2 Å². The third kappa shape index (κ3) is 2.55. The van der Waals surface area contributed by atoms with Crippen molar-refractivity contribution in [2.24, 2.45) is 5.73 Å². The normalized spacial score (nSPS) is 16.2. The Labute approximate surface area is 118 Å². The summed E-state index contributed by atoms with van der Waals surface area (Å²) >= 11 is 3.52. The molecule has 100 valence electrons. The summed E-state index contributed by atoms with van der Waals surface area (Å²) in [4.78, 5) is 2.25. The highest BCUT2D eigenvalue weighted by molar-refractivity contribution is 7.98. The van der Waals surface area contributed by atoms with E-state index < -0.39 is 17.7 Å². The third-order valence-electron chi connectivity index (χ3n) is 3.25. The van der Waals surface area contributed by atoms with Crippen LogP contribution >= 0.6 is 23.1 Å². The molecular formula is C14H13F2NS2. The molecule has 1 aliphatic rings. The van der Waals surface area contributed by atoms with E-state index in [0.29, 0.717) is 0 Å². The van der Waals surface area contributed by atoms with Gasteiger partial charge in [-0.15, -0.1) is 11.3 Å². The van der Waals surface area contributed by atoms with E-state index in [1.807, 2.05) is 17.8 Å². The Hall–Kier alpha value is -0.910. The average molecular weight is 297 g/mol. The first kappa shape index (κ1) is 13.1. The fourth-order valence-corrected chi connectivity index (χ4v) is 4.63.